The van der Waals surface area contributed by atoms with E-state index >= 15 is 0 Å². The smallest absolute Gasteiger partial charge is 0.222 e. The topological polar surface area (TPSA) is 40.5 Å². The quantitative estimate of drug-likeness (QED) is 0.866. The number of aliphatic hydroxyl groups is 1. The van der Waals surface area contributed by atoms with Crippen LogP contribution < -0.4 is 0 Å². The molecule has 2 atom stereocenters. The number of hydrogen-bond donors (Lipinski definition) is 1. The second-order valence-corrected chi connectivity index (χ2v) is 8.42. The molecule has 0 aromatic heterocycles. The van der Waals surface area contributed by atoms with Crippen LogP contribution in [-0.4, -0.2) is 35.1 Å². The lowest BCUT2D eigenvalue weighted by Gasteiger charge is -2.37. The van der Waals surface area contributed by atoms with Crippen molar-refractivity contribution in [3.63, 3.8) is 0 Å². The summed E-state index contributed by atoms with van der Waals surface area (Å²) in [7, 11) is 0. The number of rotatable bonds is 3. The van der Waals surface area contributed by atoms with Gasteiger partial charge in [0.15, 0.2) is 0 Å². The Morgan fingerprint density at radius 3 is 2.29 bits per heavy atom. The second-order valence-electron chi connectivity index (χ2n) is 8.42. The van der Waals surface area contributed by atoms with Crippen LogP contribution in [0.25, 0.3) is 0 Å². The van der Waals surface area contributed by atoms with Gasteiger partial charge in [0.2, 0.25) is 5.91 Å². The minimum atomic E-state index is -0.287. The standard InChI is InChI=1S/C18H33NO2/c1-13(20)15-9-10-19(12-15)17(21)11-14-5-7-16(8-6-14)18(2,3)4/h13-16,20H,5-12H2,1-4H3. The summed E-state index contributed by atoms with van der Waals surface area (Å²) in [5, 5.41) is 9.64. The largest absolute Gasteiger partial charge is 0.393 e. The molecule has 1 amide bonds. The van der Waals surface area contributed by atoms with Crippen LogP contribution >= 0.6 is 0 Å². The Morgan fingerprint density at radius 1 is 1.19 bits per heavy atom. The van der Waals surface area contributed by atoms with Crippen LogP contribution in [0.1, 0.15) is 66.2 Å². The third-order valence-electron chi connectivity index (χ3n) is 5.79. The monoisotopic (exact) mass is 295 g/mol. The Hall–Kier alpha value is -0.570. The molecule has 1 saturated carbocycles. The van der Waals surface area contributed by atoms with Crippen molar-refractivity contribution in [2.75, 3.05) is 13.1 Å². The van der Waals surface area contributed by atoms with Gasteiger partial charge in [-0.3, -0.25) is 4.79 Å². The van der Waals surface area contributed by atoms with Crippen molar-refractivity contribution >= 4 is 5.91 Å². The fraction of sp³-hybridized carbons (Fsp3) is 0.944. The number of amides is 1. The van der Waals surface area contributed by atoms with Crippen molar-refractivity contribution in [3.8, 4) is 0 Å². The van der Waals surface area contributed by atoms with Gasteiger partial charge in [0, 0.05) is 25.4 Å². The third kappa shape index (κ3) is 4.45. The van der Waals surface area contributed by atoms with Crippen LogP contribution in [-0.2, 0) is 4.79 Å². The highest BCUT2D eigenvalue weighted by atomic mass is 16.3. The van der Waals surface area contributed by atoms with Gasteiger partial charge in [0.1, 0.15) is 0 Å². The summed E-state index contributed by atoms with van der Waals surface area (Å²) in [6, 6.07) is 0. The van der Waals surface area contributed by atoms with E-state index in [-0.39, 0.29) is 12.0 Å². The lowest BCUT2D eigenvalue weighted by Crippen LogP contribution is -2.33. The molecule has 122 valence electrons. The minimum absolute atomic E-state index is 0.283. The van der Waals surface area contributed by atoms with E-state index in [4.69, 9.17) is 0 Å². The first-order chi connectivity index (χ1) is 9.77. The Labute approximate surface area is 130 Å². The molecule has 2 rings (SSSR count). The maximum absolute atomic E-state index is 12.4. The van der Waals surface area contributed by atoms with E-state index in [1.165, 1.54) is 25.7 Å². The summed E-state index contributed by atoms with van der Waals surface area (Å²) in [5.74, 6) is 2.00. The SMILES string of the molecule is CC(O)C1CCN(C(=O)CC2CCC(C(C)(C)C)CC2)C1. The average Bonchev–Trinajstić information content (AvgIpc) is 2.88. The molecule has 0 bridgehead atoms. The van der Waals surface area contributed by atoms with Gasteiger partial charge in [0.25, 0.3) is 0 Å². The minimum Gasteiger partial charge on any atom is -0.393 e. The first kappa shape index (κ1) is 16.8. The highest BCUT2D eigenvalue weighted by molar-refractivity contribution is 5.76. The Kier molecular flexibility index (Phi) is 5.34. The molecule has 0 radical (unpaired) electrons. The zero-order valence-corrected chi connectivity index (χ0v) is 14.3. The fourth-order valence-electron chi connectivity index (χ4n) is 4.02. The zero-order chi connectivity index (χ0) is 15.6. The number of carbonyl (C=O) groups is 1. The molecule has 1 heterocycles. The van der Waals surface area contributed by atoms with Crippen molar-refractivity contribution in [1.29, 1.82) is 0 Å². The maximum atomic E-state index is 12.4. The van der Waals surface area contributed by atoms with Crippen LogP contribution in [0.15, 0.2) is 0 Å². The Morgan fingerprint density at radius 2 is 1.81 bits per heavy atom. The molecule has 1 aliphatic carbocycles. The molecule has 1 N–H and O–H groups in total. The normalized spacial score (nSPS) is 32.2. The van der Waals surface area contributed by atoms with E-state index in [0.29, 0.717) is 17.2 Å². The Bertz CT molecular complexity index is 351. The summed E-state index contributed by atoms with van der Waals surface area (Å²) < 4.78 is 0. The predicted octanol–water partition coefficient (Wildman–Crippen LogP) is 3.46. The molecule has 1 saturated heterocycles. The van der Waals surface area contributed by atoms with Crippen LogP contribution in [0, 0.1) is 23.2 Å². The van der Waals surface area contributed by atoms with Crippen molar-refractivity contribution in [2.24, 2.45) is 23.2 Å². The molecule has 0 spiro atoms. The molecule has 3 heteroatoms. The van der Waals surface area contributed by atoms with Gasteiger partial charge in [-0.05, 0) is 56.3 Å². The predicted molar refractivity (Wildman–Crippen MR) is 85.9 cm³/mol. The average molecular weight is 295 g/mol. The summed E-state index contributed by atoms with van der Waals surface area (Å²) >= 11 is 0. The van der Waals surface area contributed by atoms with Gasteiger partial charge in [-0.15, -0.1) is 0 Å². The summed E-state index contributed by atoms with van der Waals surface area (Å²) in [5.41, 5.74) is 0.411. The van der Waals surface area contributed by atoms with Gasteiger partial charge >= 0.3 is 0 Å². The molecule has 2 unspecified atom stereocenters. The maximum Gasteiger partial charge on any atom is 0.222 e. The molecule has 1 aliphatic heterocycles. The summed E-state index contributed by atoms with van der Waals surface area (Å²) in [4.78, 5) is 14.4. The van der Waals surface area contributed by atoms with Crippen LogP contribution in [0.3, 0.4) is 0 Å². The number of likely N-dealkylation sites (tertiary alicyclic amines) is 1. The second kappa shape index (κ2) is 6.68. The highest BCUT2D eigenvalue weighted by Gasteiger charge is 2.33. The van der Waals surface area contributed by atoms with E-state index in [9.17, 15) is 9.90 Å². The van der Waals surface area contributed by atoms with Gasteiger partial charge < -0.3 is 10.0 Å². The lowest BCUT2D eigenvalue weighted by molar-refractivity contribution is -0.131. The number of nitrogens with zero attached hydrogens (tertiary/aromatic N) is 1. The molecule has 2 aliphatic rings. The van der Waals surface area contributed by atoms with E-state index in [1.54, 1.807) is 0 Å². The van der Waals surface area contributed by atoms with Crippen LogP contribution in [0.5, 0.6) is 0 Å². The van der Waals surface area contributed by atoms with E-state index in [0.717, 1.165) is 31.8 Å². The molecular weight excluding hydrogens is 262 g/mol. The Balaban J connectivity index is 1.75. The lowest BCUT2D eigenvalue weighted by atomic mass is 9.69. The van der Waals surface area contributed by atoms with Gasteiger partial charge in [-0.25, -0.2) is 0 Å². The molecular formula is C18H33NO2. The zero-order valence-electron chi connectivity index (χ0n) is 14.3. The third-order valence-corrected chi connectivity index (χ3v) is 5.79. The van der Waals surface area contributed by atoms with Gasteiger partial charge in [-0.1, -0.05) is 20.8 Å². The molecule has 21 heavy (non-hydrogen) atoms. The number of aliphatic hydroxyl groups excluding tert-OH is 1. The van der Waals surface area contributed by atoms with Crippen molar-refractivity contribution in [2.45, 2.75) is 72.3 Å². The number of hydrogen-bond acceptors (Lipinski definition) is 2. The van der Waals surface area contributed by atoms with Crippen molar-refractivity contribution in [3.05, 3.63) is 0 Å². The van der Waals surface area contributed by atoms with E-state index < -0.39 is 0 Å². The van der Waals surface area contributed by atoms with Crippen molar-refractivity contribution < 1.29 is 9.90 Å². The number of carbonyl (C=O) groups excluding carboxylic acids is 1. The molecule has 2 fully saturated rings. The summed E-state index contributed by atoms with van der Waals surface area (Å²) in [6.07, 6.45) is 6.37. The first-order valence-electron chi connectivity index (χ1n) is 8.73. The van der Waals surface area contributed by atoms with Gasteiger partial charge in [-0.2, -0.15) is 0 Å². The van der Waals surface area contributed by atoms with E-state index in [1.807, 2.05) is 11.8 Å². The molecule has 3 nitrogen and oxygen atoms in total. The summed E-state index contributed by atoms with van der Waals surface area (Å²) in [6.45, 7) is 10.4. The van der Waals surface area contributed by atoms with E-state index in [2.05, 4.69) is 20.8 Å². The highest BCUT2D eigenvalue weighted by Crippen LogP contribution is 2.40. The first-order valence-corrected chi connectivity index (χ1v) is 8.73. The van der Waals surface area contributed by atoms with Crippen LogP contribution in [0.2, 0.25) is 0 Å². The van der Waals surface area contributed by atoms with Crippen molar-refractivity contribution in [1.82, 2.24) is 4.90 Å². The van der Waals surface area contributed by atoms with Crippen LogP contribution in [0.4, 0.5) is 0 Å². The fourth-order valence-corrected chi connectivity index (χ4v) is 4.02. The molecule has 0 aromatic carbocycles. The molecule has 0 aromatic rings. The van der Waals surface area contributed by atoms with Gasteiger partial charge in [0.05, 0.1) is 6.10 Å².